The Bertz CT molecular complexity index is 838. The summed E-state index contributed by atoms with van der Waals surface area (Å²) in [7, 11) is 0. The van der Waals surface area contributed by atoms with E-state index in [9.17, 15) is 4.79 Å². The summed E-state index contributed by atoms with van der Waals surface area (Å²) in [5.74, 6) is 0.451. The SMILES string of the molecule is CCNC(=O)Nc1nc2ccc(-c3ccccc3CC)cc2[nH]1. The molecule has 0 aliphatic heterocycles. The molecule has 0 aliphatic rings. The third-order valence-corrected chi connectivity index (χ3v) is 3.76. The molecule has 0 radical (unpaired) electrons. The van der Waals surface area contributed by atoms with Gasteiger partial charge in [0.25, 0.3) is 0 Å². The molecule has 0 unspecified atom stereocenters. The predicted molar refractivity (Wildman–Crippen MR) is 93.6 cm³/mol. The summed E-state index contributed by atoms with van der Waals surface area (Å²) in [5.41, 5.74) is 5.41. The zero-order chi connectivity index (χ0) is 16.2. The Labute approximate surface area is 135 Å². The van der Waals surface area contributed by atoms with E-state index in [1.54, 1.807) is 0 Å². The number of hydrogen-bond donors (Lipinski definition) is 3. The summed E-state index contributed by atoms with van der Waals surface area (Å²) in [6, 6.07) is 14.2. The largest absolute Gasteiger partial charge is 0.338 e. The van der Waals surface area contributed by atoms with E-state index in [4.69, 9.17) is 0 Å². The van der Waals surface area contributed by atoms with Crippen LogP contribution in [0.5, 0.6) is 0 Å². The van der Waals surface area contributed by atoms with Crippen molar-refractivity contribution in [1.29, 1.82) is 0 Å². The third kappa shape index (κ3) is 3.18. The van der Waals surface area contributed by atoms with Gasteiger partial charge in [0.15, 0.2) is 0 Å². The van der Waals surface area contributed by atoms with E-state index < -0.39 is 0 Å². The summed E-state index contributed by atoms with van der Waals surface area (Å²) in [6.07, 6.45) is 0.987. The van der Waals surface area contributed by atoms with Crippen molar-refractivity contribution >= 4 is 23.0 Å². The number of anilines is 1. The topological polar surface area (TPSA) is 69.8 Å². The van der Waals surface area contributed by atoms with Crippen molar-refractivity contribution < 1.29 is 4.79 Å². The number of nitrogens with zero attached hydrogens (tertiary/aromatic N) is 1. The number of benzene rings is 2. The molecule has 1 aromatic heterocycles. The zero-order valence-corrected chi connectivity index (χ0v) is 13.3. The lowest BCUT2D eigenvalue weighted by molar-refractivity contribution is 0.252. The number of nitrogens with one attached hydrogen (secondary N) is 3. The van der Waals surface area contributed by atoms with E-state index in [1.165, 1.54) is 11.1 Å². The van der Waals surface area contributed by atoms with Gasteiger partial charge >= 0.3 is 6.03 Å². The Balaban J connectivity index is 1.94. The van der Waals surface area contributed by atoms with Crippen LogP contribution in [-0.2, 0) is 6.42 Å². The van der Waals surface area contributed by atoms with Gasteiger partial charge in [-0.2, -0.15) is 0 Å². The number of carbonyl (C=O) groups excluding carboxylic acids is 1. The van der Waals surface area contributed by atoms with Crippen molar-refractivity contribution in [3.05, 3.63) is 48.0 Å². The number of amides is 2. The molecule has 5 nitrogen and oxygen atoms in total. The lowest BCUT2D eigenvalue weighted by Gasteiger charge is -2.07. The maximum Gasteiger partial charge on any atom is 0.321 e. The third-order valence-electron chi connectivity index (χ3n) is 3.76. The number of fused-ring (bicyclic) bond motifs is 1. The van der Waals surface area contributed by atoms with Crippen LogP contribution in [0.4, 0.5) is 10.7 Å². The molecule has 118 valence electrons. The summed E-state index contributed by atoms with van der Waals surface area (Å²) >= 11 is 0. The second kappa shape index (κ2) is 6.52. The Kier molecular flexibility index (Phi) is 4.28. The van der Waals surface area contributed by atoms with Gasteiger partial charge in [0.2, 0.25) is 5.95 Å². The highest BCUT2D eigenvalue weighted by Gasteiger charge is 2.08. The van der Waals surface area contributed by atoms with Gasteiger partial charge in [-0.15, -0.1) is 0 Å². The number of imidazole rings is 1. The van der Waals surface area contributed by atoms with Gasteiger partial charge < -0.3 is 10.3 Å². The first-order chi connectivity index (χ1) is 11.2. The second-order valence-electron chi connectivity index (χ2n) is 5.31. The number of hydrogen-bond acceptors (Lipinski definition) is 2. The van der Waals surface area contributed by atoms with Crippen LogP contribution in [0, 0.1) is 0 Å². The monoisotopic (exact) mass is 308 g/mol. The van der Waals surface area contributed by atoms with Gasteiger partial charge in [0, 0.05) is 6.54 Å². The molecule has 2 amide bonds. The molecule has 5 heteroatoms. The smallest absolute Gasteiger partial charge is 0.321 e. The second-order valence-corrected chi connectivity index (χ2v) is 5.31. The average molecular weight is 308 g/mol. The fourth-order valence-electron chi connectivity index (χ4n) is 2.66. The maximum absolute atomic E-state index is 11.6. The van der Waals surface area contributed by atoms with Crippen LogP contribution in [0.3, 0.4) is 0 Å². The van der Waals surface area contributed by atoms with Crippen molar-refractivity contribution in [2.24, 2.45) is 0 Å². The van der Waals surface area contributed by atoms with Crippen molar-refractivity contribution in [3.63, 3.8) is 0 Å². The Morgan fingerprint density at radius 2 is 2.00 bits per heavy atom. The zero-order valence-electron chi connectivity index (χ0n) is 13.3. The van der Waals surface area contributed by atoms with Gasteiger partial charge in [-0.05, 0) is 42.2 Å². The number of aryl methyl sites for hydroxylation is 1. The molecule has 0 bridgehead atoms. The van der Waals surface area contributed by atoms with Crippen LogP contribution < -0.4 is 10.6 Å². The molecule has 0 spiro atoms. The van der Waals surface area contributed by atoms with Gasteiger partial charge in [0.05, 0.1) is 11.0 Å². The van der Waals surface area contributed by atoms with Crippen molar-refractivity contribution in [2.45, 2.75) is 20.3 Å². The normalized spacial score (nSPS) is 10.7. The highest BCUT2D eigenvalue weighted by Crippen LogP contribution is 2.27. The number of aromatic nitrogens is 2. The number of carbonyl (C=O) groups is 1. The molecule has 3 N–H and O–H groups in total. The number of aromatic amines is 1. The van der Waals surface area contributed by atoms with E-state index in [-0.39, 0.29) is 6.03 Å². The van der Waals surface area contributed by atoms with Crippen LogP contribution in [0.15, 0.2) is 42.5 Å². The molecule has 3 rings (SSSR count). The summed E-state index contributed by atoms with van der Waals surface area (Å²) in [4.78, 5) is 19.1. The van der Waals surface area contributed by atoms with E-state index in [1.807, 2.05) is 19.1 Å². The quantitative estimate of drug-likeness (QED) is 0.683. The molecule has 0 saturated carbocycles. The fraction of sp³-hybridized carbons (Fsp3) is 0.222. The van der Waals surface area contributed by atoms with E-state index in [2.05, 4.69) is 57.9 Å². The number of urea groups is 1. The summed E-state index contributed by atoms with van der Waals surface area (Å²) in [5, 5.41) is 5.38. The van der Waals surface area contributed by atoms with E-state index in [0.717, 1.165) is 23.0 Å². The minimum Gasteiger partial charge on any atom is -0.338 e. The van der Waals surface area contributed by atoms with Crippen molar-refractivity contribution in [1.82, 2.24) is 15.3 Å². The van der Waals surface area contributed by atoms with Gasteiger partial charge in [0.1, 0.15) is 0 Å². The Morgan fingerprint density at radius 3 is 2.78 bits per heavy atom. The lowest BCUT2D eigenvalue weighted by atomic mass is 9.98. The van der Waals surface area contributed by atoms with Crippen LogP contribution in [0.1, 0.15) is 19.4 Å². The molecule has 1 heterocycles. The summed E-state index contributed by atoms with van der Waals surface area (Å²) < 4.78 is 0. The minimum atomic E-state index is -0.261. The number of rotatable bonds is 4. The van der Waals surface area contributed by atoms with Gasteiger partial charge in [-0.3, -0.25) is 5.32 Å². The van der Waals surface area contributed by atoms with E-state index >= 15 is 0 Å². The molecule has 0 aliphatic carbocycles. The first kappa shape index (κ1) is 15.1. The predicted octanol–water partition coefficient (Wildman–Crippen LogP) is 3.93. The Hall–Kier alpha value is -2.82. The maximum atomic E-state index is 11.6. The molecule has 23 heavy (non-hydrogen) atoms. The van der Waals surface area contributed by atoms with Crippen LogP contribution >= 0.6 is 0 Å². The molecule has 0 saturated heterocycles. The molecule has 0 atom stereocenters. The first-order valence-corrected chi connectivity index (χ1v) is 7.84. The highest BCUT2D eigenvalue weighted by atomic mass is 16.2. The molecule has 2 aromatic carbocycles. The number of H-pyrrole nitrogens is 1. The first-order valence-electron chi connectivity index (χ1n) is 7.84. The van der Waals surface area contributed by atoms with Gasteiger partial charge in [-0.25, -0.2) is 9.78 Å². The highest BCUT2D eigenvalue weighted by molar-refractivity contribution is 5.90. The average Bonchev–Trinajstić information content (AvgIpc) is 2.96. The molecular formula is C18H20N4O. The van der Waals surface area contributed by atoms with E-state index in [0.29, 0.717) is 12.5 Å². The molecular weight excluding hydrogens is 288 g/mol. The van der Waals surface area contributed by atoms with Crippen LogP contribution in [-0.4, -0.2) is 22.5 Å². The summed E-state index contributed by atoms with van der Waals surface area (Å²) in [6.45, 7) is 4.60. The van der Waals surface area contributed by atoms with Crippen LogP contribution in [0.25, 0.3) is 22.2 Å². The molecule has 3 aromatic rings. The molecule has 0 fully saturated rings. The van der Waals surface area contributed by atoms with Crippen molar-refractivity contribution in [3.8, 4) is 11.1 Å². The standard InChI is InChI=1S/C18H20N4O/c1-3-12-7-5-6-8-14(12)13-9-10-15-16(11-13)21-17(20-15)22-18(23)19-4-2/h5-11H,3-4H2,1-2H3,(H3,19,20,21,22,23). The van der Waals surface area contributed by atoms with Crippen molar-refractivity contribution in [2.75, 3.05) is 11.9 Å². The lowest BCUT2D eigenvalue weighted by Crippen LogP contribution is -2.28. The Morgan fingerprint density at radius 1 is 1.17 bits per heavy atom. The fourth-order valence-corrected chi connectivity index (χ4v) is 2.66. The minimum absolute atomic E-state index is 0.261. The van der Waals surface area contributed by atoms with Gasteiger partial charge in [-0.1, -0.05) is 37.3 Å². The van der Waals surface area contributed by atoms with Crippen LogP contribution in [0.2, 0.25) is 0 Å².